The molecule has 1 aliphatic rings. The topological polar surface area (TPSA) is 23.6 Å². The molecular weight excluding hydrogens is 440 g/mol. The average molecular weight is 483 g/mol. The maximum Gasteiger partial charge on any atom is 0.268 e. The molecular formula is C33H42N2O. The fraction of sp³-hybridized carbons (Fsp3) is 0.424. The number of nitrogens with zero attached hydrogens (tertiary/aromatic N) is 2. The first-order valence-corrected chi connectivity index (χ1v) is 14.0. The van der Waals surface area contributed by atoms with Crippen LogP contribution in [0.15, 0.2) is 84.9 Å². The summed E-state index contributed by atoms with van der Waals surface area (Å²) in [5.41, 5.74) is 4.89. The summed E-state index contributed by atoms with van der Waals surface area (Å²) in [6, 6.07) is 29.8. The SMILES string of the molecule is CCCCCc1ccc(C(=O)N(CCCc2ccccc2)N2CCC(Cc3ccccc3)CC2)cc1. The van der Waals surface area contributed by atoms with Crippen molar-refractivity contribution in [1.29, 1.82) is 0 Å². The molecule has 36 heavy (non-hydrogen) atoms. The van der Waals surface area contributed by atoms with Gasteiger partial charge in [-0.15, -0.1) is 0 Å². The Bertz CT molecular complexity index is 1020. The Morgan fingerprint density at radius 3 is 1.97 bits per heavy atom. The van der Waals surface area contributed by atoms with Crippen molar-refractivity contribution in [1.82, 2.24) is 10.0 Å². The van der Waals surface area contributed by atoms with Crippen LogP contribution in [-0.4, -0.2) is 35.6 Å². The Morgan fingerprint density at radius 2 is 1.33 bits per heavy atom. The highest BCUT2D eigenvalue weighted by Crippen LogP contribution is 2.24. The molecule has 0 N–H and O–H groups in total. The number of amides is 1. The molecule has 3 aromatic rings. The molecule has 4 rings (SSSR count). The zero-order valence-electron chi connectivity index (χ0n) is 21.9. The molecule has 0 bridgehead atoms. The fourth-order valence-corrected chi connectivity index (χ4v) is 5.30. The molecule has 190 valence electrons. The lowest BCUT2D eigenvalue weighted by atomic mass is 9.90. The summed E-state index contributed by atoms with van der Waals surface area (Å²) in [6.07, 6.45) is 10.2. The number of carbonyl (C=O) groups is 1. The zero-order valence-corrected chi connectivity index (χ0v) is 21.9. The van der Waals surface area contributed by atoms with E-state index in [4.69, 9.17) is 0 Å². The average Bonchev–Trinajstić information content (AvgIpc) is 2.93. The molecule has 1 aliphatic heterocycles. The summed E-state index contributed by atoms with van der Waals surface area (Å²) in [5, 5.41) is 4.37. The molecule has 1 heterocycles. The van der Waals surface area contributed by atoms with Crippen molar-refractivity contribution in [3.05, 3.63) is 107 Å². The first kappa shape index (κ1) is 26.2. The number of hydrogen-bond donors (Lipinski definition) is 0. The van der Waals surface area contributed by atoms with Crippen molar-refractivity contribution in [2.75, 3.05) is 19.6 Å². The van der Waals surface area contributed by atoms with Crippen molar-refractivity contribution >= 4 is 5.91 Å². The predicted octanol–water partition coefficient (Wildman–Crippen LogP) is 7.36. The van der Waals surface area contributed by atoms with Gasteiger partial charge in [0.15, 0.2) is 0 Å². The second-order valence-electron chi connectivity index (χ2n) is 10.3. The minimum atomic E-state index is 0.143. The van der Waals surface area contributed by atoms with Gasteiger partial charge in [-0.2, -0.15) is 0 Å². The lowest BCUT2D eigenvalue weighted by Crippen LogP contribution is -2.50. The summed E-state index contributed by atoms with van der Waals surface area (Å²) in [6.45, 7) is 4.89. The van der Waals surface area contributed by atoms with E-state index in [1.165, 1.54) is 36.0 Å². The molecule has 0 aliphatic carbocycles. The van der Waals surface area contributed by atoms with Crippen LogP contribution >= 0.6 is 0 Å². The summed E-state index contributed by atoms with van der Waals surface area (Å²) in [7, 11) is 0. The Hall–Kier alpha value is -2.91. The molecule has 1 amide bonds. The Balaban J connectivity index is 1.39. The van der Waals surface area contributed by atoms with Gasteiger partial charge < -0.3 is 0 Å². The van der Waals surface area contributed by atoms with Crippen molar-refractivity contribution < 1.29 is 4.79 Å². The molecule has 0 spiro atoms. The third-order valence-electron chi connectivity index (χ3n) is 7.48. The predicted molar refractivity (Wildman–Crippen MR) is 150 cm³/mol. The van der Waals surface area contributed by atoms with Gasteiger partial charge in [-0.25, -0.2) is 5.01 Å². The third kappa shape index (κ3) is 7.80. The van der Waals surface area contributed by atoms with Crippen LogP contribution in [-0.2, 0) is 19.3 Å². The van der Waals surface area contributed by atoms with E-state index in [-0.39, 0.29) is 5.91 Å². The highest BCUT2D eigenvalue weighted by atomic mass is 16.2. The normalized spacial score (nSPS) is 14.6. The summed E-state index contributed by atoms with van der Waals surface area (Å²) >= 11 is 0. The fourth-order valence-electron chi connectivity index (χ4n) is 5.30. The number of unbranched alkanes of at least 4 members (excludes halogenated alkanes) is 2. The van der Waals surface area contributed by atoms with Gasteiger partial charge in [0.25, 0.3) is 5.91 Å². The second-order valence-corrected chi connectivity index (χ2v) is 10.3. The molecule has 3 heteroatoms. The van der Waals surface area contributed by atoms with Crippen LogP contribution < -0.4 is 0 Å². The monoisotopic (exact) mass is 482 g/mol. The second kappa shape index (κ2) is 14.0. The molecule has 1 saturated heterocycles. The molecule has 0 unspecified atom stereocenters. The molecule has 0 radical (unpaired) electrons. The number of hydrazine groups is 1. The molecule has 0 saturated carbocycles. The smallest absolute Gasteiger partial charge is 0.268 e. The summed E-state index contributed by atoms with van der Waals surface area (Å²) in [4.78, 5) is 13.7. The number of benzene rings is 3. The van der Waals surface area contributed by atoms with Crippen molar-refractivity contribution in [3.63, 3.8) is 0 Å². The van der Waals surface area contributed by atoms with Gasteiger partial charge >= 0.3 is 0 Å². The molecule has 0 atom stereocenters. The van der Waals surface area contributed by atoms with Crippen molar-refractivity contribution in [3.8, 4) is 0 Å². The first-order valence-electron chi connectivity index (χ1n) is 14.0. The van der Waals surface area contributed by atoms with Gasteiger partial charge in [0, 0.05) is 25.2 Å². The Morgan fingerprint density at radius 1 is 0.750 bits per heavy atom. The van der Waals surface area contributed by atoms with Crippen molar-refractivity contribution in [2.24, 2.45) is 5.92 Å². The maximum atomic E-state index is 13.7. The van der Waals surface area contributed by atoms with Crippen LogP contribution in [0.3, 0.4) is 0 Å². The van der Waals surface area contributed by atoms with Gasteiger partial charge in [-0.3, -0.25) is 9.80 Å². The van der Waals surface area contributed by atoms with Crippen LogP contribution in [0.5, 0.6) is 0 Å². The van der Waals surface area contributed by atoms with E-state index in [0.717, 1.165) is 63.7 Å². The van der Waals surface area contributed by atoms with E-state index in [0.29, 0.717) is 5.92 Å². The van der Waals surface area contributed by atoms with E-state index < -0.39 is 0 Å². The molecule has 3 aromatic carbocycles. The van der Waals surface area contributed by atoms with Gasteiger partial charge in [0.05, 0.1) is 0 Å². The maximum absolute atomic E-state index is 13.7. The van der Waals surface area contributed by atoms with Crippen LogP contribution in [0, 0.1) is 5.92 Å². The Labute approximate surface area is 218 Å². The lowest BCUT2D eigenvalue weighted by Gasteiger charge is -2.40. The number of hydrogen-bond acceptors (Lipinski definition) is 2. The quantitative estimate of drug-likeness (QED) is 0.252. The van der Waals surface area contributed by atoms with Crippen LogP contribution in [0.4, 0.5) is 0 Å². The largest absolute Gasteiger partial charge is 0.271 e. The van der Waals surface area contributed by atoms with Gasteiger partial charge in [-0.05, 0) is 79.7 Å². The number of piperidine rings is 1. The minimum absolute atomic E-state index is 0.143. The first-order chi connectivity index (χ1) is 17.7. The van der Waals surface area contributed by atoms with E-state index in [9.17, 15) is 4.79 Å². The van der Waals surface area contributed by atoms with Gasteiger partial charge in [0.2, 0.25) is 0 Å². The molecule has 3 nitrogen and oxygen atoms in total. The third-order valence-corrected chi connectivity index (χ3v) is 7.48. The summed E-state index contributed by atoms with van der Waals surface area (Å²) in [5.74, 6) is 0.831. The number of rotatable bonds is 12. The van der Waals surface area contributed by atoms with Crippen LogP contribution in [0.2, 0.25) is 0 Å². The lowest BCUT2D eigenvalue weighted by molar-refractivity contribution is -0.0303. The molecule has 1 fully saturated rings. The summed E-state index contributed by atoms with van der Waals surface area (Å²) < 4.78 is 0. The highest BCUT2D eigenvalue weighted by molar-refractivity contribution is 5.94. The van der Waals surface area contributed by atoms with E-state index in [1.807, 2.05) is 17.1 Å². The highest BCUT2D eigenvalue weighted by Gasteiger charge is 2.27. The number of carbonyl (C=O) groups excluding carboxylic acids is 1. The van der Waals surface area contributed by atoms with E-state index >= 15 is 0 Å². The zero-order chi connectivity index (χ0) is 25.0. The molecule has 0 aromatic heterocycles. The van der Waals surface area contributed by atoms with E-state index in [1.54, 1.807) is 0 Å². The van der Waals surface area contributed by atoms with E-state index in [2.05, 4.69) is 84.7 Å². The standard InChI is InChI=1S/C33H42N2O/c1-2-3-6-12-29-18-20-32(21-19-29)33(36)35(24-11-17-28-13-7-4-8-14-28)34-25-22-31(23-26-34)27-30-15-9-5-10-16-30/h4-5,7-10,13-16,18-21,31H,2-3,6,11-12,17,22-27H2,1H3. The van der Waals surface area contributed by atoms with Crippen LogP contribution in [0.1, 0.15) is 72.5 Å². The number of aryl methyl sites for hydroxylation is 2. The van der Waals surface area contributed by atoms with Gasteiger partial charge in [0.1, 0.15) is 0 Å². The van der Waals surface area contributed by atoms with Crippen LogP contribution in [0.25, 0.3) is 0 Å². The minimum Gasteiger partial charge on any atom is -0.271 e. The Kier molecular flexibility index (Phi) is 10.2. The van der Waals surface area contributed by atoms with Crippen molar-refractivity contribution in [2.45, 2.75) is 64.7 Å². The van der Waals surface area contributed by atoms with Gasteiger partial charge in [-0.1, -0.05) is 92.6 Å².